The molecular weight excluding hydrogens is 576 g/mol. The van der Waals surface area contributed by atoms with Crippen LogP contribution in [0.2, 0.25) is 0 Å². The van der Waals surface area contributed by atoms with Gasteiger partial charge in [0.25, 0.3) is 0 Å². The highest BCUT2D eigenvalue weighted by molar-refractivity contribution is 6.02. The highest BCUT2D eigenvalue weighted by Crippen LogP contribution is 2.43. The number of aliphatic hydroxyl groups excluding tert-OH is 6. The first-order chi connectivity index (χ1) is 20.4. The Morgan fingerprint density at radius 2 is 1.63 bits per heavy atom. The average molecular weight is 611 g/mol. The molecule has 0 spiro atoms. The normalized spacial score (nSPS) is 36.0. The zero-order chi connectivity index (χ0) is 31.2. The number of methoxy groups -OCH3 is 1. The van der Waals surface area contributed by atoms with E-state index < -0.39 is 85.7 Å². The molecule has 0 radical (unpaired) electrons. The Balaban J connectivity index is 1.40. The molecule has 2 aromatic carbocycles. The maximum Gasteiger partial charge on any atom is 0.229 e. The molecule has 3 aliphatic heterocycles. The predicted molar refractivity (Wildman–Crippen MR) is 141 cm³/mol. The van der Waals surface area contributed by atoms with Gasteiger partial charge in [0.15, 0.2) is 29.7 Å². The third-order valence-corrected chi connectivity index (χ3v) is 7.72. The highest BCUT2D eigenvalue weighted by Gasteiger charge is 2.50. The lowest BCUT2D eigenvalue weighted by Crippen LogP contribution is -2.64. The van der Waals surface area contributed by atoms with Crippen molar-refractivity contribution in [3.05, 3.63) is 41.5 Å². The van der Waals surface area contributed by atoms with Gasteiger partial charge in [-0.1, -0.05) is 6.07 Å². The lowest BCUT2D eigenvalue weighted by molar-refractivity contribution is -0.355. The van der Waals surface area contributed by atoms with Crippen LogP contribution in [0.25, 0.3) is 0 Å². The van der Waals surface area contributed by atoms with Crippen molar-refractivity contribution >= 4 is 5.78 Å². The summed E-state index contributed by atoms with van der Waals surface area (Å²) in [5.74, 6) is -0.960. The number of fused-ring (bicyclic) bond motifs is 1. The molecule has 2 fully saturated rings. The van der Waals surface area contributed by atoms with Crippen molar-refractivity contribution in [3.63, 3.8) is 0 Å². The van der Waals surface area contributed by atoms with Gasteiger partial charge < -0.3 is 69.3 Å². The van der Waals surface area contributed by atoms with Gasteiger partial charge in [-0.2, -0.15) is 0 Å². The summed E-state index contributed by atoms with van der Waals surface area (Å²) in [6.45, 7) is 0.730. The molecule has 236 valence electrons. The smallest absolute Gasteiger partial charge is 0.229 e. The number of aliphatic hydroxyl groups is 6. The van der Waals surface area contributed by atoms with E-state index in [0.29, 0.717) is 5.56 Å². The fourth-order valence-corrected chi connectivity index (χ4v) is 5.29. The standard InChI is InChI=1S/C28H34O15/c1-10-21(33)24(36)26(43-27-25(37)23(35)22(34)19(9-29)42-27)28(39-10)40-12-6-14(31)20-15(32)8-17(41-18(20)7-12)11-3-4-16(38-2)13(30)5-11/h3-7,10,17,19,21-31,33-37H,8-9H2,1-2H3/t10-,17+,19-,21-,22-,23+,24+,25-,26-,27+,28+/m1/s1. The number of hydrogen-bond donors (Lipinski definition) is 8. The molecule has 15 heteroatoms. The Morgan fingerprint density at radius 1 is 0.884 bits per heavy atom. The minimum absolute atomic E-state index is 0.0394. The lowest BCUT2D eigenvalue weighted by atomic mass is 9.95. The third-order valence-electron chi connectivity index (χ3n) is 7.72. The molecule has 5 rings (SSSR count). The number of phenolic OH excluding ortho intramolecular Hbond substituents is 2. The monoisotopic (exact) mass is 610 g/mol. The van der Waals surface area contributed by atoms with Gasteiger partial charge in [-0.05, 0) is 24.6 Å². The second kappa shape index (κ2) is 12.4. The van der Waals surface area contributed by atoms with E-state index in [1.807, 2.05) is 0 Å². The Hall–Kier alpha value is -3.25. The number of ketones is 1. The summed E-state index contributed by atoms with van der Waals surface area (Å²) in [7, 11) is 1.39. The van der Waals surface area contributed by atoms with E-state index in [1.54, 1.807) is 6.07 Å². The van der Waals surface area contributed by atoms with Gasteiger partial charge >= 0.3 is 0 Å². The number of phenols is 2. The first-order valence-corrected chi connectivity index (χ1v) is 13.5. The average Bonchev–Trinajstić information content (AvgIpc) is 2.97. The summed E-state index contributed by atoms with van der Waals surface area (Å²) in [6.07, 6.45) is -16.4. The van der Waals surface area contributed by atoms with Crippen LogP contribution in [0.4, 0.5) is 0 Å². The Bertz CT molecular complexity index is 1320. The predicted octanol–water partition coefficient (Wildman–Crippen LogP) is -1.16. The van der Waals surface area contributed by atoms with E-state index in [2.05, 4.69) is 0 Å². The Labute approximate surface area is 245 Å². The van der Waals surface area contributed by atoms with Gasteiger partial charge in [-0.15, -0.1) is 0 Å². The number of Topliss-reactive ketones (excluding diaryl/α,β-unsaturated/α-hetero) is 1. The van der Waals surface area contributed by atoms with Crippen molar-refractivity contribution in [1.82, 2.24) is 0 Å². The van der Waals surface area contributed by atoms with Crippen LogP contribution in [-0.2, 0) is 14.2 Å². The molecule has 0 amide bonds. The van der Waals surface area contributed by atoms with Crippen molar-refractivity contribution in [2.75, 3.05) is 13.7 Å². The van der Waals surface area contributed by atoms with Crippen molar-refractivity contribution in [2.45, 2.75) is 80.9 Å². The van der Waals surface area contributed by atoms with Gasteiger partial charge in [0.2, 0.25) is 6.29 Å². The number of aromatic hydroxyl groups is 2. The molecule has 8 N–H and O–H groups in total. The highest BCUT2D eigenvalue weighted by atomic mass is 16.8. The summed E-state index contributed by atoms with van der Waals surface area (Å²) in [5.41, 5.74) is 0.376. The molecular formula is C28H34O15. The number of carbonyl (C=O) groups excluding carboxylic acids is 1. The number of benzene rings is 2. The van der Waals surface area contributed by atoms with Crippen molar-refractivity contribution in [3.8, 4) is 28.7 Å². The summed E-state index contributed by atoms with van der Waals surface area (Å²) in [5, 5.41) is 82.3. The molecule has 3 aliphatic rings. The third kappa shape index (κ3) is 5.95. The van der Waals surface area contributed by atoms with Gasteiger partial charge in [-0.3, -0.25) is 4.79 Å². The van der Waals surface area contributed by atoms with Crippen LogP contribution in [0.15, 0.2) is 30.3 Å². The molecule has 43 heavy (non-hydrogen) atoms. The van der Waals surface area contributed by atoms with Crippen LogP contribution in [0.1, 0.15) is 35.4 Å². The maximum absolute atomic E-state index is 13.0. The molecule has 15 nitrogen and oxygen atoms in total. The van der Waals surface area contributed by atoms with E-state index in [9.17, 15) is 45.6 Å². The minimum Gasteiger partial charge on any atom is -0.507 e. The largest absolute Gasteiger partial charge is 0.507 e. The fourth-order valence-electron chi connectivity index (χ4n) is 5.29. The van der Waals surface area contributed by atoms with Crippen molar-refractivity contribution < 1.29 is 74.1 Å². The second-order valence-electron chi connectivity index (χ2n) is 10.6. The number of rotatable bonds is 7. The fraction of sp³-hybridized carbons (Fsp3) is 0.536. The quantitative estimate of drug-likeness (QED) is 0.185. The first kappa shape index (κ1) is 31.2. The van der Waals surface area contributed by atoms with Crippen LogP contribution < -0.4 is 14.2 Å². The van der Waals surface area contributed by atoms with Crippen LogP contribution in [0.5, 0.6) is 28.7 Å². The summed E-state index contributed by atoms with van der Waals surface area (Å²) in [6, 6.07) is 6.95. The Kier molecular flexibility index (Phi) is 8.99. The number of hydrogen-bond acceptors (Lipinski definition) is 15. The summed E-state index contributed by atoms with van der Waals surface area (Å²) < 4.78 is 33.7. The van der Waals surface area contributed by atoms with E-state index in [0.717, 1.165) is 6.07 Å². The minimum atomic E-state index is -1.82. The molecule has 3 heterocycles. The van der Waals surface area contributed by atoms with Crippen LogP contribution in [-0.4, -0.2) is 122 Å². The SMILES string of the molecule is COc1ccc([C@@H]2CC(=O)c3c(O)cc(O[C@@H]4O[C@H](C)[C@@H](O)[C@H](O)[C@H]4O[C@@H]4O[C@H](CO)[C@@H](O)[C@H](O)[C@H]4O)cc3O2)cc1O. The molecule has 0 aromatic heterocycles. The molecule has 0 unspecified atom stereocenters. The summed E-state index contributed by atoms with van der Waals surface area (Å²) in [4.78, 5) is 13.0. The molecule has 2 saturated heterocycles. The molecule has 2 aromatic rings. The molecule has 11 atom stereocenters. The van der Waals surface area contributed by atoms with E-state index in [4.69, 9.17) is 28.4 Å². The first-order valence-electron chi connectivity index (χ1n) is 13.5. The van der Waals surface area contributed by atoms with Gasteiger partial charge in [0, 0.05) is 12.1 Å². The van der Waals surface area contributed by atoms with Gasteiger partial charge in [0.05, 0.1) is 26.2 Å². The zero-order valence-electron chi connectivity index (χ0n) is 23.1. The van der Waals surface area contributed by atoms with Crippen LogP contribution in [0, 0.1) is 0 Å². The van der Waals surface area contributed by atoms with E-state index in [-0.39, 0.29) is 35.0 Å². The maximum atomic E-state index is 13.0. The van der Waals surface area contributed by atoms with Crippen molar-refractivity contribution in [1.29, 1.82) is 0 Å². The molecule has 0 aliphatic carbocycles. The Morgan fingerprint density at radius 3 is 2.30 bits per heavy atom. The van der Waals surface area contributed by atoms with Crippen LogP contribution >= 0.6 is 0 Å². The molecule has 0 bridgehead atoms. The second-order valence-corrected chi connectivity index (χ2v) is 10.6. The zero-order valence-corrected chi connectivity index (χ0v) is 23.1. The van der Waals surface area contributed by atoms with Gasteiger partial charge in [-0.25, -0.2) is 0 Å². The lowest BCUT2D eigenvalue weighted by Gasteiger charge is -2.45. The van der Waals surface area contributed by atoms with E-state index in [1.165, 1.54) is 32.2 Å². The summed E-state index contributed by atoms with van der Waals surface area (Å²) >= 11 is 0. The topological polar surface area (TPSA) is 234 Å². The van der Waals surface area contributed by atoms with Crippen LogP contribution in [0.3, 0.4) is 0 Å². The number of carbonyl (C=O) groups is 1. The van der Waals surface area contributed by atoms with E-state index >= 15 is 0 Å². The number of ether oxygens (including phenoxy) is 6. The molecule has 0 saturated carbocycles. The van der Waals surface area contributed by atoms with Gasteiger partial charge in [0.1, 0.15) is 65.5 Å². The van der Waals surface area contributed by atoms with Crippen molar-refractivity contribution in [2.24, 2.45) is 0 Å².